The Hall–Kier alpha value is -2.93. The summed E-state index contributed by atoms with van der Waals surface area (Å²) in [5, 5.41) is 23.0. The van der Waals surface area contributed by atoms with Gasteiger partial charge in [0.2, 0.25) is 17.7 Å². The number of aliphatic hydroxyl groups is 1. The van der Waals surface area contributed by atoms with Crippen molar-refractivity contribution in [2.24, 2.45) is 27.9 Å². The van der Waals surface area contributed by atoms with Gasteiger partial charge in [0, 0.05) is 6.54 Å². The fourth-order valence-electron chi connectivity index (χ4n) is 2.00. The molecule has 13 heteroatoms. The number of aliphatic imine (C=N–C) groups is 1. The van der Waals surface area contributed by atoms with E-state index in [-0.39, 0.29) is 25.3 Å². The zero-order valence-corrected chi connectivity index (χ0v) is 14.9. The Morgan fingerprint density at radius 2 is 1.67 bits per heavy atom. The second kappa shape index (κ2) is 11.6. The first-order valence-electron chi connectivity index (χ1n) is 8.06. The Balaban J connectivity index is 5.12. The zero-order valence-electron chi connectivity index (χ0n) is 14.9. The lowest BCUT2D eigenvalue weighted by atomic mass is 10.1. The second-order valence-electron chi connectivity index (χ2n) is 5.85. The molecular weight excluding hydrogens is 362 g/mol. The lowest BCUT2D eigenvalue weighted by Crippen LogP contribution is -2.56. The minimum Gasteiger partial charge on any atom is -0.480 e. The summed E-state index contributed by atoms with van der Waals surface area (Å²) in [5.74, 6) is -4.07. The maximum absolute atomic E-state index is 12.4. The third-order valence-corrected chi connectivity index (χ3v) is 3.38. The van der Waals surface area contributed by atoms with Gasteiger partial charge in [-0.15, -0.1) is 0 Å². The predicted molar refractivity (Wildman–Crippen MR) is 94.9 cm³/mol. The van der Waals surface area contributed by atoms with E-state index in [2.05, 4.69) is 15.6 Å². The van der Waals surface area contributed by atoms with Crippen LogP contribution in [-0.4, -0.2) is 70.6 Å². The van der Waals surface area contributed by atoms with Crippen molar-refractivity contribution in [2.45, 2.75) is 50.4 Å². The largest absolute Gasteiger partial charge is 0.480 e. The summed E-state index contributed by atoms with van der Waals surface area (Å²) < 4.78 is 0. The van der Waals surface area contributed by atoms with Gasteiger partial charge in [-0.25, -0.2) is 4.79 Å². The maximum atomic E-state index is 12.4. The molecule has 0 bridgehead atoms. The summed E-state index contributed by atoms with van der Waals surface area (Å²) in [4.78, 5) is 50.1. The lowest BCUT2D eigenvalue weighted by Gasteiger charge is -2.23. The molecule has 0 saturated heterocycles. The third-order valence-electron chi connectivity index (χ3n) is 3.38. The predicted octanol–water partition coefficient (Wildman–Crippen LogP) is -4.32. The third kappa shape index (κ3) is 9.96. The lowest BCUT2D eigenvalue weighted by molar-refractivity contribution is -0.145. The fraction of sp³-hybridized carbons (Fsp3) is 0.643. The number of hydrogen-bond acceptors (Lipinski definition) is 7. The monoisotopic (exact) mass is 389 g/mol. The molecule has 0 radical (unpaired) electrons. The molecule has 13 nitrogen and oxygen atoms in total. The number of carboxylic acid groups (broad SMARTS) is 1. The summed E-state index contributed by atoms with van der Waals surface area (Å²) in [6.45, 7) is 1.35. The number of primary amides is 1. The van der Waals surface area contributed by atoms with Crippen LogP contribution in [0.3, 0.4) is 0 Å². The number of hydrogen-bond donors (Lipinski definition) is 8. The van der Waals surface area contributed by atoms with E-state index in [1.54, 1.807) is 0 Å². The SMILES string of the molecule is CC(O)C(NC(=O)C(CCCN=C(N)N)NC(=O)C(N)CC(N)=O)C(=O)O. The number of aliphatic hydroxyl groups excluding tert-OH is 1. The molecule has 0 saturated carbocycles. The molecule has 27 heavy (non-hydrogen) atoms. The van der Waals surface area contributed by atoms with Crippen LogP contribution >= 0.6 is 0 Å². The highest BCUT2D eigenvalue weighted by Gasteiger charge is 2.30. The highest BCUT2D eigenvalue weighted by molar-refractivity contribution is 5.93. The fourth-order valence-corrected chi connectivity index (χ4v) is 2.00. The number of carbonyl (C=O) groups is 4. The van der Waals surface area contributed by atoms with Gasteiger partial charge in [-0.05, 0) is 19.8 Å². The smallest absolute Gasteiger partial charge is 0.328 e. The van der Waals surface area contributed by atoms with E-state index in [0.717, 1.165) is 0 Å². The Morgan fingerprint density at radius 3 is 2.11 bits per heavy atom. The van der Waals surface area contributed by atoms with E-state index in [1.165, 1.54) is 6.92 Å². The molecule has 3 amide bonds. The molecule has 154 valence electrons. The summed E-state index contributed by atoms with van der Waals surface area (Å²) in [5.41, 5.74) is 20.9. The summed E-state index contributed by atoms with van der Waals surface area (Å²) >= 11 is 0. The summed E-state index contributed by atoms with van der Waals surface area (Å²) in [6.07, 6.45) is -1.49. The molecule has 0 spiro atoms. The van der Waals surface area contributed by atoms with Crippen molar-refractivity contribution < 1.29 is 29.4 Å². The maximum Gasteiger partial charge on any atom is 0.328 e. The number of carboxylic acids is 1. The van der Waals surface area contributed by atoms with Gasteiger partial charge in [0.1, 0.15) is 6.04 Å². The van der Waals surface area contributed by atoms with Crippen molar-refractivity contribution in [2.75, 3.05) is 6.54 Å². The molecule has 12 N–H and O–H groups in total. The van der Waals surface area contributed by atoms with Crippen molar-refractivity contribution in [1.82, 2.24) is 10.6 Å². The minimum absolute atomic E-state index is 0.0454. The van der Waals surface area contributed by atoms with Crippen LogP contribution < -0.4 is 33.6 Å². The van der Waals surface area contributed by atoms with Gasteiger partial charge >= 0.3 is 5.97 Å². The highest BCUT2D eigenvalue weighted by atomic mass is 16.4. The molecule has 0 aliphatic heterocycles. The van der Waals surface area contributed by atoms with E-state index in [4.69, 9.17) is 28.0 Å². The van der Waals surface area contributed by atoms with Crippen LogP contribution in [0.15, 0.2) is 4.99 Å². The first-order chi connectivity index (χ1) is 12.5. The van der Waals surface area contributed by atoms with Crippen molar-refractivity contribution in [3.8, 4) is 0 Å². The Morgan fingerprint density at radius 1 is 1.07 bits per heavy atom. The molecule has 0 aromatic carbocycles. The number of amides is 3. The average molecular weight is 389 g/mol. The minimum atomic E-state index is -1.58. The summed E-state index contributed by atoms with van der Waals surface area (Å²) in [6, 6.07) is -4.04. The van der Waals surface area contributed by atoms with Crippen molar-refractivity contribution in [3.05, 3.63) is 0 Å². The molecule has 0 aliphatic carbocycles. The normalized spacial score (nSPS) is 14.9. The van der Waals surface area contributed by atoms with Crippen LogP contribution in [0.25, 0.3) is 0 Å². The van der Waals surface area contributed by atoms with E-state index in [1.807, 2.05) is 0 Å². The number of carbonyl (C=O) groups excluding carboxylic acids is 3. The quantitative estimate of drug-likeness (QED) is 0.0911. The molecule has 0 aromatic heterocycles. The van der Waals surface area contributed by atoms with Crippen molar-refractivity contribution in [1.29, 1.82) is 0 Å². The van der Waals surface area contributed by atoms with E-state index in [9.17, 15) is 24.3 Å². The number of aliphatic carboxylic acids is 1. The second-order valence-corrected chi connectivity index (χ2v) is 5.85. The molecule has 0 aromatic rings. The van der Waals surface area contributed by atoms with Gasteiger partial charge in [0.05, 0.1) is 18.6 Å². The average Bonchev–Trinajstić information content (AvgIpc) is 2.53. The van der Waals surface area contributed by atoms with Crippen LogP contribution in [0.4, 0.5) is 0 Å². The van der Waals surface area contributed by atoms with Crippen LogP contribution in [0.5, 0.6) is 0 Å². The van der Waals surface area contributed by atoms with Crippen molar-refractivity contribution >= 4 is 29.7 Å². The van der Waals surface area contributed by atoms with E-state index >= 15 is 0 Å². The van der Waals surface area contributed by atoms with Gasteiger partial charge in [0.25, 0.3) is 0 Å². The van der Waals surface area contributed by atoms with Gasteiger partial charge in [-0.3, -0.25) is 19.4 Å². The molecular formula is C14H27N7O6. The Kier molecular flexibility index (Phi) is 10.4. The number of nitrogens with zero attached hydrogens (tertiary/aromatic N) is 1. The molecule has 0 fully saturated rings. The number of nitrogens with one attached hydrogen (secondary N) is 2. The van der Waals surface area contributed by atoms with E-state index in [0.29, 0.717) is 0 Å². The Bertz CT molecular complexity index is 576. The molecule has 0 aliphatic rings. The summed E-state index contributed by atoms with van der Waals surface area (Å²) in [7, 11) is 0. The van der Waals surface area contributed by atoms with Crippen molar-refractivity contribution in [3.63, 3.8) is 0 Å². The topological polar surface area (TPSA) is 249 Å². The van der Waals surface area contributed by atoms with Gasteiger partial charge in [0.15, 0.2) is 12.0 Å². The highest BCUT2D eigenvalue weighted by Crippen LogP contribution is 2.03. The molecule has 4 atom stereocenters. The molecule has 0 rings (SSSR count). The molecule has 4 unspecified atom stereocenters. The van der Waals surface area contributed by atoms with Gasteiger partial charge < -0.3 is 43.8 Å². The van der Waals surface area contributed by atoms with Crippen LogP contribution in [0.1, 0.15) is 26.2 Å². The van der Waals surface area contributed by atoms with Gasteiger partial charge in [-0.1, -0.05) is 0 Å². The zero-order chi connectivity index (χ0) is 21.1. The molecule has 0 heterocycles. The van der Waals surface area contributed by atoms with Gasteiger partial charge in [-0.2, -0.15) is 0 Å². The van der Waals surface area contributed by atoms with E-state index < -0.39 is 54.3 Å². The van der Waals surface area contributed by atoms with Crippen LogP contribution in [0.2, 0.25) is 0 Å². The Labute approximate surface area is 155 Å². The number of guanidine groups is 1. The first kappa shape index (κ1) is 24.1. The van der Waals surface area contributed by atoms with Crippen LogP contribution in [0, 0.1) is 0 Å². The number of rotatable bonds is 12. The number of nitrogens with two attached hydrogens (primary N) is 4. The first-order valence-corrected chi connectivity index (χ1v) is 8.06. The standard InChI is InChI=1S/C14H27N7O6/c1-6(22)10(13(26)27)21-12(25)8(3-2-4-19-14(17)18)20-11(24)7(15)5-9(16)23/h6-8,10,22H,2-5,15H2,1H3,(H2,16,23)(H,20,24)(H,21,25)(H,26,27)(H4,17,18,19). The van der Waals surface area contributed by atoms with Crippen LogP contribution in [-0.2, 0) is 19.2 Å².